The van der Waals surface area contributed by atoms with Gasteiger partial charge in [0.2, 0.25) is 0 Å². The summed E-state index contributed by atoms with van der Waals surface area (Å²) in [6.07, 6.45) is 2.67. The van der Waals surface area contributed by atoms with E-state index in [2.05, 4.69) is 15.9 Å². The Morgan fingerprint density at radius 3 is 2.89 bits per heavy atom. The van der Waals surface area contributed by atoms with Gasteiger partial charge in [-0.05, 0) is 47.8 Å². The third-order valence-electron chi connectivity index (χ3n) is 3.38. The van der Waals surface area contributed by atoms with Crippen molar-refractivity contribution in [1.29, 1.82) is 0 Å². The molecule has 5 heteroatoms. The van der Waals surface area contributed by atoms with Crippen LogP contribution < -0.4 is 0 Å². The van der Waals surface area contributed by atoms with Crippen molar-refractivity contribution in [3.63, 3.8) is 0 Å². The Hall–Kier alpha value is -0.550. The number of hydrogen-bond donors (Lipinski definition) is 0. The zero-order valence-electron chi connectivity index (χ0n) is 10.7. The molecule has 2 nitrogen and oxygen atoms in total. The average molecular weight is 347 g/mol. The molecule has 1 saturated carbocycles. The quantitative estimate of drug-likeness (QED) is 0.723. The first-order valence-corrected chi connectivity index (χ1v) is 8.08. The molecule has 2 rings (SSSR count). The summed E-state index contributed by atoms with van der Waals surface area (Å²) in [5, 5.41) is 0. The minimum Gasteiger partial charge on any atom is -0.469 e. The lowest BCUT2D eigenvalue weighted by Gasteiger charge is -2.13. The van der Waals surface area contributed by atoms with Gasteiger partial charge in [-0.25, -0.2) is 4.39 Å². The Bertz CT molecular complexity index is 475. The van der Waals surface area contributed by atoms with Gasteiger partial charge in [0.1, 0.15) is 5.82 Å². The van der Waals surface area contributed by atoms with E-state index >= 15 is 0 Å². The molecule has 0 unspecified atom stereocenters. The van der Waals surface area contributed by atoms with E-state index in [1.54, 1.807) is 23.9 Å². The van der Waals surface area contributed by atoms with Crippen LogP contribution in [0.1, 0.15) is 24.8 Å². The Balaban J connectivity index is 1.83. The van der Waals surface area contributed by atoms with Crippen molar-refractivity contribution >= 4 is 33.7 Å². The first-order valence-electron chi connectivity index (χ1n) is 6.13. The van der Waals surface area contributed by atoms with E-state index in [0.717, 1.165) is 34.4 Å². The highest BCUT2D eigenvalue weighted by Crippen LogP contribution is 2.51. The molecule has 0 N–H and O–H groups in total. The fourth-order valence-corrected chi connectivity index (χ4v) is 3.92. The maximum atomic E-state index is 13.1. The van der Waals surface area contributed by atoms with Crippen LogP contribution in [0.3, 0.4) is 0 Å². The van der Waals surface area contributed by atoms with Gasteiger partial charge in [-0.2, -0.15) is 11.8 Å². The molecule has 1 aliphatic carbocycles. The lowest BCUT2D eigenvalue weighted by molar-refractivity contribution is -0.141. The number of hydrogen-bond acceptors (Lipinski definition) is 3. The lowest BCUT2D eigenvalue weighted by atomic mass is 10.1. The molecule has 1 fully saturated rings. The predicted molar refractivity (Wildman–Crippen MR) is 78.6 cm³/mol. The van der Waals surface area contributed by atoms with E-state index in [-0.39, 0.29) is 17.2 Å². The van der Waals surface area contributed by atoms with E-state index in [9.17, 15) is 9.18 Å². The molecule has 0 saturated heterocycles. The zero-order valence-corrected chi connectivity index (χ0v) is 13.2. The smallest absolute Gasteiger partial charge is 0.306 e. The summed E-state index contributed by atoms with van der Waals surface area (Å²) in [5.41, 5.74) is 1.08. The van der Waals surface area contributed by atoms with Crippen LogP contribution in [0.2, 0.25) is 0 Å². The Labute approximate surface area is 125 Å². The SMILES string of the molecule is COC(=O)CC1(CSCc2cc(F)ccc2Br)CC1. The van der Waals surface area contributed by atoms with Gasteiger partial charge < -0.3 is 4.74 Å². The minimum atomic E-state index is -0.213. The summed E-state index contributed by atoms with van der Waals surface area (Å²) in [6, 6.07) is 4.72. The highest BCUT2D eigenvalue weighted by molar-refractivity contribution is 9.10. The van der Waals surface area contributed by atoms with Crippen molar-refractivity contribution < 1.29 is 13.9 Å². The van der Waals surface area contributed by atoms with Crippen molar-refractivity contribution in [3.8, 4) is 0 Å². The minimum absolute atomic E-state index is 0.123. The van der Waals surface area contributed by atoms with Crippen molar-refractivity contribution in [2.75, 3.05) is 12.9 Å². The van der Waals surface area contributed by atoms with Gasteiger partial charge in [0.25, 0.3) is 0 Å². The molecule has 1 aliphatic rings. The summed E-state index contributed by atoms with van der Waals surface area (Å²) < 4.78 is 18.8. The Kier molecular flexibility index (Phi) is 4.90. The highest BCUT2D eigenvalue weighted by atomic mass is 79.9. The molecular weight excluding hydrogens is 331 g/mol. The van der Waals surface area contributed by atoms with Crippen LogP contribution in [0.5, 0.6) is 0 Å². The molecule has 0 bridgehead atoms. The molecule has 0 spiro atoms. The summed E-state index contributed by atoms with van der Waals surface area (Å²) in [6.45, 7) is 0. The summed E-state index contributed by atoms with van der Waals surface area (Å²) in [7, 11) is 1.43. The molecule has 19 heavy (non-hydrogen) atoms. The molecule has 0 atom stereocenters. The van der Waals surface area contributed by atoms with Crippen LogP contribution in [-0.4, -0.2) is 18.8 Å². The van der Waals surface area contributed by atoms with E-state index in [1.165, 1.54) is 13.2 Å². The van der Waals surface area contributed by atoms with Crippen LogP contribution >= 0.6 is 27.7 Å². The van der Waals surface area contributed by atoms with E-state index in [4.69, 9.17) is 4.74 Å². The summed E-state index contributed by atoms with van der Waals surface area (Å²) in [5.74, 6) is 1.33. The zero-order chi connectivity index (χ0) is 13.9. The van der Waals surface area contributed by atoms with E-state index in [1.807, 2.05) is 0 Å². The first kappa shape index (κ1) is 14.9. The van der Waals surface area contributed by atoms with Crippen LogP contribution in [0.25, 0.3) is 0 Å². The number of ether oxygens (including phenoxy) is 1. The summed E-state index contributed by atoms with van der Waals surface area (Å²) in [4.78, 5) is 11.3. The number of rotatable bonds is 6. The van der Waals surface area contributed by atoms with Crippen LogP contribution in [0, 0.1) is 11.2 Å². The molecule has 1 aromatic rings. The molecule has 0 amide bonds. The number of benzene rings is 1. The number of esters is 1. The molecule has 0 aromatic heterocycles. The second kappa shape index (κ2) is 6.27. The van der Waals surface area contributed by atoms with Gasteiger partial charge in [-0.15, -0.1) is 0 Å². The van der Waals surface area contributed by atoms with Gasteiger partial charge in [-0.3, -0.25) is 4.79 Å². The second-order valence-corrected chi connectivity index (χ2v) is 6.82. The number of halogens is 2. The molecule has 0 radical (unpaired) electrons. The number of carbonyl (C=O) groups excluding carboxylic acids is 1. The highest BCUT2D eigenvalue weighted by Gasteiger charge is 2.44. The summed E-state index contributed by atoms with van der Waals surface area (Å²) >= 11 is 5.17. The van der Waals surface area contributed by atoms with Crippen LogP contribution in [0.15, 0.2) is 22.7 Å². The van der Waals surface area contributed by atoms with Gasteiger partial charge in [0.05, 0.1) is 13.5 Å². The number of thioether (sulfide) groups is 1. The van der Waals surface area contributed by atoms with Crippen molar-refractivity contribution in [3.05, 3.63) is 34.1 Å². The maximum absolute atomic E-state index is 13.1. The number of carbonyl (C=O) groups is 1. The van der Waals surface area contributed by atoms with Crippen molar-refractivity contribution in [1.82, 2.24) is 0 Å². The van der Waals surface area contributed by atoms with Gasteiger partial charge in [0.15, 0.2) is 0 Å². The first-order chi connectivity index (χ1) is 9.04. The monoisotopic (exact) mass is 346 g/mol. The maximum Gasteiger partial charge on any atom is 0.306 e. The molecule has 0 aliphatic heterocycles. The van der Waals surface area contributed by atoms with Gasteiger partial charge >= 0.3 is 5.97 Å². The van der Waals surface area contributed by atoms with Crippen LogP contribution in [-0.2, 0) is 15.3 Å². The van der Waals surface area contributed by atoms with Crippen LogP contribution in [0.4, 0.5) is 4.39 Å². The molecule has 1 aromatic carbocycles. The largest absolute Gasteiger partial charge is 0.469 e. The average Bonchev–Trinajstić information content (AvgIpc) is 3.13. The Morgan fingerprint density at radius 2 is 2.26 bits per heavy atom. The topological polar surface area (TPSA) is 26.3 Å². The Morgan fingerprint density at radius 1 is 1.53 bits per heavy atom. The normalized spacial score (nSPS) is 16.2. The predicted octanol–water partition coefficient (Wildman–Crippen LogP) is 4.16. The third kappa shape index (κ3) is 4.21. The van der Waals surface area contributed by atoms with E-state index in [0.29, 0.717) is 6.42 Å². The molecular formula is C14H16BrFO2S. The lowest BCUT2D eigenvalue weighted by Crippen LogP contribution is -2.13. The third-order valence-corrected chi connectivity index (χ3v) is 5.48. The second-order valence-electron chi connectivity index (χ2n) is 4.98. The molecule has 104 valence electrons. The van der Waals surface area contributed by atoms with Gasteiger partial charge in [0, 0.05) is 10.2 Å². The standard InChI is InChI=1S/C14H16BrFO2S/c1-18-13(17)7-14(4-5-14)9-19-8-10-6-11(16)2-3-12(10)15/h2-3,6H,4-5,7-9H2,1H3. The van der Waals surface area contributed by atoms with Gasteiger partial charge in [-0.1, -0.05) is 15.9 Å². The number of methoxy groups -OCH3 is 1. The van der Waals surface area contributed by atoms with Crippen molar-refractivity contribution in [2.45, 2.75) is 25.0 Å². The van der Waals surface area contributed by atoms with Crippen molar-refractivity contribution in [2.24, 2.45) is 5.41 Å². The molecule has 0 heterocycles. The fourth-order valence-electron chi connectivity index (χ4n) is 1.96. The fraction of sp³-hybridized carbons (Fsp3) is 0.500. The van der Waals surface area contributed by atoms with E-state index < -0.39 is 0 Å².